The largest absolute Gasteiger partial charge is 0.507 e. The predicted octanol–water partition coefficient (Wildman–Crippen LogP) is 4.99. The lowest BCUT2D eigenvalue weighted by Gasteiger charge is -2.31. The molecule has 2 aromatic carbocycles. The summed E-state index contributed by atoms with van der Waals surface area (Å²) in [6, 6.07) is 8.50. The van der Waals surface area contributed by atoms with Gasteiger partial charge in [-0.25, -0.2) is 0 Å². The zero-order valence-electron chi connectivity index (χ0n) is 18.1. The third kappa shape index (κ3) is 5.35. The number of halogens is 3. The zero-order chi connectivity index (χ0) is 23.3. The number of hydrogen-bond acceptors (Lipinski definition) is 5. The van der Waals surface area contributed by atoms with Gasteiger partial charge in [0.25, 0.3) is 0 Å². The zero-order valence-corrected chi connectivity index (χ0v) is 18.1. The monoisotopic (exact) mass is 450 g/mol. The summed E-state index contributed by atoms with van der Waals surface area (Å²) in [5.41, 5.74) is 1.50. The number of phenolic OH excluding ortho intramolecular Hbond substituents is 1. The summed E-state index contributed by atoms with van der Waals surface area (Å²) in [6.07, 6.45) is -1.14. The number of aromatic hydroxyl groups is 1. The number of nitrogens with one attached hydrogen (secondary N) is 1. The van der Waals surface area contributed by atoms with E-state index in [4.69, 9.17) is 10.1 Å². The number of phenols is 1. The first-order valence-corrected chi connectivity index (χ1v) is 10.9. The normalized spacial score (nSPS) is 13.7. The van der Waals surface area contributed by atoms with Gasteiger partial charge in [0.1, 0.15) is 17.2 Å². The summed E-state index contributed by atoms with van der Waals surface area (Å²) >= 11 is 0. The van der Waals surface area contributed by atoms with E-state index >= 15 is 0 Å². The summed E-state index contributed by atoms with van der Waals surface area (Å²) in [6.45, 7) is 3.93. The van der Waals surface area contributed by atoms with Crippen molar-refractivity contribution in [3.05, 3.63) is 52.6 Å². The van der Waals surface area contributed by atoms with Crippen molar-refractivity contribution in [2.24, 2.45) is 0 Å². The van der Waals surface area contributed by atoms with Gasteiger partial charge in [-0.2, -0.15) is 13.2 Å². The number of aryl methyl sites for hydroxylation is 1. The van der Waals surface area contributed by atoms with E-state index in [2.05, 4.69) is 4.90 Å². The molecule has 1 aliphatic rings. The third-order valence-electron chi connectivity index (χ3n) is 5.66. The van der Waals surface area contributed by atoms with Crippen molar-refractivity contribution in [1.29, 1.82) is 5.41 Å². The van der Waals surface area contributed by atoms with Gasteiger partial charge in [0.05, 0.1) is 13.2 Å². The molecular weight excluding hydrogens is 421 g/mol. The lowest BCUT2D eigenvalue weighted by atomic mass is 9.99. The Kier molecular flexibility index (Phi) is 7.66. The minimum Gasteiger partial charge on any atom is -0.507 e. The average molecular weight is 451 g/mol. The lowest BCUT2D eigenvalue weighted by Crippen LogP contribution is -2.31. The van der Waals surface area contributed by atoms with Crippen molar-refractivity contribution < 1.29 is 28.1 Å². The standard InChI is InChI=1S/C24H29F3N2O3/c1-2-5-18-21(10-8-19(22(18)31)23(28)24(25,26)27)32-13-4-12-29-11-3-6-17-14-16(15-30)7-9-20(17)29/h7-10,14,28,30-31H,2-6,11-13,15H2,1H3. The molecular formula is C24H29F3N2O3. The molecule has 3 rings (SSSR count). The molecule has 0 saturated carbocycles. The molecule has 0 bridgehead atoms. The van der Waals surface area contributed by atoms with Crippen LogP contribution in [0.15, 0.2) is 30.3 Å². The summed E-state index contributed by atoms with van der Waals surface area (Å²) in [7, 11) is 0. The summed E-state index contributed by atoms with van der Waals surface area (Å²) in [4.78, 5) is 2.28. The molecule has 8 heteroatoms. The molecule has 0 amide bonds. The van der Waals surface area contributed by atoms with Crippen LogP contribution in [0.4, 0.5) is 18.9 Å². The van der Waals surface area contributed by atoms with Gasteiger partial charge in [0.15, 0.2) is 0 Å². The van der Waals surface area contributed by atoms with Gasteiger partial charge in [0.2, 0.25) is 0 Å². The van der Waals surface area contributed by atoms with E-state index in [1.165, 1.54) is 11.6 Å². The van der Waals surface area contributed by atoms with Crippen LogP contribution in [0, 0.1) is 5.41 Å². The highest BCUT2D eigenvalue weighted by atomic mass is 19.4. The van der Waals surface area contributed by atoms with E-state index in [9.17, 15) is 23.4 Å². The van der Waals surface area contributed by atoms with Crippen molar-refractivity contribution >= 4 is 11.4 Å². The van der Waals surface area contributed by atoms with E-state index in [1.807, 2.05) is 25.1 Å². The fourth-order valence-electron chi connectivity index (χ4n) is 4.10. The van der Waals surface area contributed by atoms with Crippen molar-refractivity contribution in [3.8, 4) is 11.5 Å². The molecule has 0 fully saturated rings. The first kappa shape index (κ1) is 23.9. The second kappa shape index (κ2) is 10.3. The van der Waals surface area contributed by atoms with Crippen LogP contribution in [0.2, 0.25) is 0 Å². The molecule has 0 aromatic heterocycles. The number of rotatable bonds is 9. The quantitative estimate of drug-likeness (QED) is 0.372. The SMILES string of the molecule is CCCc1c(OCCCN2CCCc3cc(CO)ccc32)ccc(C(=N)C(F)(F)F)c1O. The molecule has 5 nitrogen and oxygen atoms in total. The highest BCUT2D eigenvalue weighted by Gasteiger charge is 2.37. The van der Waals surface area contributed by atoms with Gasteiger partial charge in [-0.15, -0.1) is 0 Å². The smallest absolute Gasteiger partial charge is 0.433 e. The highest BCUT2D eigenvalue weighted by molar-refractivity contribution is 6.04. The minimum absolute atomic E-state index is 0.0231. The Hall–Kier alpha value is -2.74. The van der Waals surface area contributed by atoms with Crippen LogP contribution < -0.4 is 9.64 Å². The molecule has 0 atom stereocenters. The highest BCUT2D eigenvalue weighted by Crippen LogP contribution is 2.36. The summed E-state index contributed by atoms with van der Waals surface area (Å²) in [5, 5.41) is 27.1. The van der Waals surface area contributed by atoms with Gasteiger partial charge in [0, 0.05) is 29.9 Å². The van der Waals surface area contributed by atoms with E-state index in [1.54, 1.807) is 0 Å². The van der Waals surface area contributed by atoms with Crippen molar-refractivity contribution in [3.63, 3.8) is 0 Å². The number of benzene rings is 2. The second-order valence-corrected chi connectivity index (χ2v) is 7.97. The molecule has 0 radical (unpaired) electrons. The Labute approximate surface area is 186 Å². The van der Waals surface area contributed by atoms with E-state index in [0.717, 1.165) is 43.2 Å². The van der Waals surface area contributed by atoms with Crippen LogP contribution in [-0.4, -0.2) is 41.8 Å². The molecule has 3 N–H and O–H groups in total. The van der Waals surface area contributed by atoms with Crippen LogP contribution in [-0.2, 0) is 19.4 Å². The van der Waals surface area contributed by atoms with Gasteiger partial charge >= 0.3 is 6.18 Å². The fourth-order valence-corrected chi connectivity index (χ4v) is 4.10. The van der Waals surface area contributed by atoms with Crippen LogP contribution in [0.5, 0.6) is 11.5 Å². The molecule has 174 valence electrons. The van der Waals surface area contributed by atoms with Crippen molar-refractivity contribution in [1.82, 2.24) is 0 Å². The number of aliphatic hydroxyl groups is 1. The maximum Gasteiger partial charge on any atom is 0.433 e. The third-order valence-corrected chi connectivity index (χ3v) is 5.66. The van der Waals surface area contributed by atoms with Crippen LogP contribution in [0.3, 0.4) is 0 Å². The summed E-state index contributed by atoms with van der Waals surface area (Å²) in [5.74, 6) is -0.175. The van der Waals surface area contributed by atoms with Gasteiger partial charge in [-0.05, 0) is 55.0 Å². The Morgan fingerprint density at radius 1 is 1.22 bits per heavy atom. The number of anilines is 1. The van der Waals surface area contributed by atoms with E-state index in [0.29, 0.717) is 37.2 Å². The van der Waals surface area contributed by atoms with Gasteiger partial charge in [-0.1, -0.05) is 25.5 Å². The predicted molar refractivity (Wildman–Crippen MR) is 118 cm³/mol. The second-order valence-electron chi connectivity index (χ2n) is 7.97. The molecule has 1 aliphatic heterocycles. The van der Waals surface area contributed by atoms with E-state index < -0.39 is 23.2 Å². The van der Waals surface area contributed by atoms with E-state index in [-0.39, 0.29) is 6.61 Å². The van der Waals surface area contributed by atoms with Gasteiger partial charge < -0.3 is 19.8 Å². The van der Waals surface area contributed by atoms with Crippen LogP contribution in [0.1, 0.15) is 48.4 Å². The average Bonchev–Trinajstić information content (AvgIpc) is 2.77. The maximum absolute atomic E-state index is 12.9. The Bertz CT molecular complexity index is 960. The first-order chi connectivity index (χ1) is 15.3. The Morgan fingerprint density at radius 2 is 2.00 bits per heavy atom. The Balaban J connectivity index is 1.65. The molecule has 0 spiro atoms. The van der Waals surface area contributed by atoms with Crippen molar-refractivity contribution in [2.45, 2.75) is 51.8 Å². The molecule has 0 aliphatic carbocycles. The summed E-state index contributed by atoms with van der Waals surface area (Å²) < 4.78 is 44.6. The molecule has 1 heterocycles. The van der Waals surface area contributed by atoms with Gasteiger partial charge in [-0.3, -0.25) is 5.41 Å². The molecule has 2 aromatic rings. The maximum atomic E-state index is 12.9. The first-order valence-electron chi connectivity index (χ1n) is 10.9. The number of alkyl halides is 3. The topological polar surface area (TPSA) is 76.8 Å². The number of nitrogens with zero attached hydrogens (tertiary/aromatic N) is 1. The van der Waals surface area contributed by atoms with Crippen molar-refractivity contribution in [2.75, 3.05) is 24.6 Å². The molecule has 0 unspecified atom stereocenters. The number of ether oxygens (including phenoxy) is 1. The lowest BCUT2D eigenvalue weighted by molar-refractivity contribution is -0.0588. The number of fused-ring (bicyclic) bond motifs is 1. The van der Waals surface area contributed by atoms with Crippen LogP contribution >= 0.6 is 0 Å². The molecule has 0 saturated heterocycles. The minimum atomic E-state index is -4.83. The fraction of sp³-hybridized carbons (Fsp3) is 0.458. The molecule has 32 heavy (non-hydrogen) atoms. The Morgan fingerprint density at radius 3 is 2.69 bits per heavy atom. The van der Waals surface area contributed by atoms with Crippen LogP contribution in [0.25, 0.3) is 0 Å². The number of aliphatic hydroxyl groups excluding tert-OH is 1. The number of hydrogen-bond donors (Lipinski definition) is 3.